The van der Waals surface area contributed by atoms with Gasteiger partial charge in [0.2, 0.25) is 27.7 Å². The highest BCUT2D eigenvalue weighted by molar-refractivity contribution is 7.91. The quantitative estimate of drug-likeness (QED) is 0.206. The molecule has 0 spiro atoms. The van der Waals surface area contributed by atoms with E-state index in [4.69, 9.17) is 24.2 Å². The number of ether oxygens (including phenoxy) is 3. The van der Waals surface area contributed by atoms with Gasteiger partial charge in [0.15, 0.2) is 5.13 Å². The maximum absolute atomic E-state index is 14.7. The number of hydrogen-bond acceptors (Lipinski definition) is 13. The predicted octanol–water partition coefficient (Wildman–Crippen LogP) is 4.39. The number of alkyl carbamates (subject to hydrolysis) is 1. The minimum absolute atomic E-state index is 0.0251. The van der Waals surface area contributed by atoms with Crippen LogP contribution in [0.3, 0.4) is 0 Å². The third-order valence-electron chi connectivity index (χ3n) is 10.3. The van der Waals surface area contributed by atoms with E-state index in [1.165, 1.54) is 22.3 Å². The number of sulfonamides is 1. The molecule has 2 aliphatic carbocycles. The molecule has 18 heteroatoms. The molecule has 4 amide bonds. The summed E-state index contributed by atoms with van der Waals surface area (Å²) in [6.45, 7) is 14.2. The monoisotopic (exact) mass is 839 g/mol. The molecule has 1 aliphatic heterocycles. The Balaban J connectivity index is 1.35. The first-order valence-electron chi connectivity index (χ1n) is 19.1. The van der Waals surface area contributed by atoms with Gasteiger partial charge in [0, 0.05) is 37.2 Å². The molecule has 1 aromatic carbocycles. The fourth-order valence-corrected chi connectivity index (χ4v) is 9.05. The molecule has 3 aliphatic rings. The van der Waals surface area contributed by atoms with E-state index < -0.39 is 79.7 Å². The van der Waals surface area contributed by atoms with Crippen molar-refractivity contribution in [2.45, 2.75) is 102 Å². The number of carbonyl (C=O) groups excluding carboxylic acids is 4. The summed E-state index contributed by atoms with van der Waals surface area (Å²) in [7, 11) is 1.44. The molecule has 0 bridgehead atoms. The van der Waals surface area contributed by atoms with Crippen LogP contribution in [0.2, 0.25) is 0 Å². The molecule has 1 saturated heterocycles. The van der Waals surface area contributed by atoms with Crippen molar-refractivity contribution >= 4 is 61.1 Å². The highest BCUT2D eigenvalue weighted by Gasteiger charge is 2.62. The van der Waals surface area contributed by atoms with Crippen LogP contribution >= 0.6 is 11.3 Å². The number of likely N-dealkylation sites (tertiary alicyclic amines) is 1. The van der Waals surface area contributed by atoms with Gasteiger partial charge in [-0.05, 0) is 75.1 Å². The zero-order valence-corrected chi connectivity index (χ0v) is 36.0. The van der Waals surface area contributed by atoms with Crippen molar-refractivity contribution in [1.29, 1.82) is 0 Å². The number of amides is 4. The van der Waals surface area contributed by atoms with E-state index in [2.05, 4.69) is 21.9 Å². The third-order valence-corrected chi connectivity index (χ3v) is 13.1. The lowest BCUT2D eigenvalue weighted by Crippen LogP contribution is -2.60. The fraction of sp³-hybridized carbons (Fsp3) is 0.550. The zero-order valence-electron chi connectivity index (χ0n) is 34.4. The van der Waals surface area contributed by atoms with Crippen LogP contribution in [0, 0.1) is 11.3 Å². The van der Waals surface area contributed by atoms with Crippen molar-refractivity contribution in [2.24, 2.45) is 11.3 Å². The summed E-state index contributed by atoms with van der Waals surface area (Å²) < 4.78 is 45.4. The molecule has 5 unspecified atom stereocenters. The van der Waals surface area contributed by atoms with Gasteiger partial charge in [-0.25, -0.2) is 23.2 Å². The average molecular weight is 840 g/mol. The second kappa shape index (κ2) is 15.7. The summed E-state index contributed by atoms with van der Waals surface area (Å²) in [4.78, 5) is 68.7. The van der Waals surface area contributed by atoms with Gasteiger partial charge in [0.25, 0.3) is 5.91 Å². The summed E-state index contributed by atoms with van der Waals surface area (Å²) in [5, 5.41) is 8.95. The Labute approximate surface area is 343 Å². The number of aromatic nitrogens is 2. The van der Waals surface area contributed by atoms with E-state index in [9.17, 15) is 27.6 Å². The molecule has 314 valence electrons. The zero-order chi connectivity index (χ0) is 42.5. The van der Waals surface area contributed by atoms with Crippen molar-refractivity contribution < 1.29 is 41.8 Å². The smallest absolute Gasteiger partial charge is 0.408 e. The highest BCUT2D eigenvalue weighted by atomic mass is 32.2. The van der Waals surface area contributed by atoms with Crippen LogP contribution in [0.1, 0.15) is 67.2 Å². The maximum atomic E-state index is 14.7. The molecule has 6 rings (SSSR count). The Morgan fingerprint density at radius 1 is 1.07 bits per heavy atom. The molecule has 16 nitrogen and oxygen atoms in total. The van der Waals surface area contributed by atoms with Gasteiger partial charge in [-0.2, -0.15) is 0 Å². The van der Waals surface area contributed by atoms with Crippen LogP contribution in [-0.4, -0.2) is 109 Å². The molecule has 2 saturated carbocycles. The van der Waals surface area contributed by atoms with Crippen LogP contribution in [0.5, 0.6) is 11.6 Å². The lowest BCUT2D eigenvalue weighted by Gasteiger charge is -2.36. The summed E-state index contributed by atoms with van der Waals surface area (Å²) in [5.41, 5.74) is -2.12. The summed E-state index contributed by atoms with van der Waals surface area (Å²) in [6.07, 6.45) is 0.881. The first-order chi connectivity index (χ1) is 27.0. The standard InChI is InChI=1S/C40H53N7O9S2/c1-11-23-19-40(23,35(50)45-58(52,53)26-13-14-26)44-32(48)30-18-25(20-47(30)34(49)31(38(2,3)4)43-37(51)56-39(5,6)7)55-33-27-15-12-24(54-10)16-22(27)17-28(41-33)29-21-57-36(42-29)46(8)9/h11-12,15-17,21,23,25-26,30-31H,1,13-14,18-20H2,2-10H3,(H,43,51)(H,44,48)(H,45,50). The van der Waals surface area contributed by atoms with E-state index in [1.807, 2.05) is 42.6 Å². The number of benzene rings is 1. The first-order valence-corrected chi connectivity index (χ1v) is 21.6. The van der Waals surface area contributed by atoms with Crippen molar-refractivity contribution in [3.05, 3.63) is 42.3 Å². The number of nitrogens with one attached hydrogen (secondary N) is 3. The van der Waals surface area contributed by atoms with Gasteiger partial charge >= 0.3 is 6.09 Å². The van der Waals surface area contributed by atoms with Crippen molar-refractivity contribution in [2.75, 3.05) is 32.6 Å². The number of anilines is 1. The minimum Gasteiger partial charge on any atom is -0.497 e. The number of thiazole rings is 1. The molecular weight excluding hydrogens is 787 g/mol. The van der Waals surface area contributed by atoms with Gasteiger partial charge < -0.3 is 34.6 Å². The molecule has 3 aromatic rings. The largest absolute Gasteiger partial charge is 0.497 e. The lowest BCUT2D eigenvalue weighted by molar-refractivity contribution is -0.143. The third kappa shape index (κ3) is 9.17. The first kappa shape index (κ1) is 42.6. The number of hydrogen-bond donors (Lipinski definition) is 3. The minimum atomic E-state index is -3.93. The molecule has 5 atom stereocenters. The van der Waals surface area contributed by atoms with E-state index in [1.54, 1.807) is 54.7 Å². The van der Waals surface area contributed by atoms with Gasteiger partial charge in [-0.15, -0.1) is 17.9 Å². The van der Waals surface area contributed by atoms with Crippen molar-refractivity contribution in [3.8, 4) is 23.0 Å². The molecular formula is C40H53N7O9S2. The fourth-order valence-electron chi connectivity index (χ4n) is 6.93. The number of nitrogens with zero attached hydrogens (tertiary/aromatic N) is 4. The van der Waals surface area contributed by atoms with E-state index in [-0.39, 0.29) is 25.3 Å². The Bertz CT molecular complexity index is 2230. The second-order valence-electron chi connectivity index (χ2n) is 17.4. The predicted molar refractivity (Wildman–Crippen MR) is 220 cm³/mol. The molecule has 58 heavy (non-hydrogen) atoms. The molecule has 3 fully saturated rings. The van der Waals surface area contributed by atoms with Gasteiger partial charge in [-0.1, -0.05) is 26.8 Å². The van der Waals surface area contributed by atoms with Crippen LogP contribution < -0.4 is 29.7 Å². The van der Waals surface area contributed by atoms with Crippen LogP contribution in [0.4, 0.5) is 9.93 Å². The number of fused-ring (bicyclic) bond motifs is 1. The molecule has 2 aromatic heterocycles. The normalized spacial score (nSPS) is 22.4. The molecule has 3 N–H and O–H groups in total. The van der Waals surface area contributed by atoms with Gasteiger partial charge in [0.1, 0.15) is 40.8 Å². The van der Waals surface area contributed by atoms with E-state index in [0.717, 1.165) is 10.5 Å². The number of pyridine rings is 1. The summed E-state index contributed by atoms with van der Waals surface area (Å²) >= 11 is 1.46. The lowest BCUT2D eigenvalue weighted by atomic mass is 9.85. The van der Waals surface area contributed by atoms with Gasteiger partial charge in [-0.3, -0.25) is 19.1 Å². The second-order valence-corrected chi connectivity index (χ2v) is 20.2. The Hall–Kier alpha value is -4.97. The Morgan fingerprint density at radius 2 is 1.78 bits per heavy atom. The topological polar surface area (TPSA) is 198 Å². The Morgan fingerprint density at radius 3 is 2.34 bits per heavy atom. The van der Waals surface area contributed by atoms with Gasteiger partial charge in [0.05, 0.1) is 24.6 Å². The Kier molecular flexibility index (Phi) is 11.5. The maximum Gasteiger partial charge on any atom is 0.408 e. The van der Waals surface area contributed by atoms with Crippen LogP contribution in [-0.2, 0) is 29.1 Å². The van der Waals surface area contributed by atoms with Crippen LogP contribution in [0.25, 0.3) is 22.2 Å². The number of methoxy groups -OCH3 is 1. The SMILES string of the molecule is C=CC1CC1(NC(=O)C1CC(Oc2nc(-c3csc(N(C)C)n3)cc3cc(OC)ccc23)CN1C(=O)C(NC(=O)OC(C)(C)C)C(C)(C)C)C(=O)NS(=O)(=O)C1CC1. The molecule has 3 heterocycles. The van der Waals surface area contributed by atoms with Crippen LogP contribution in [0.15, 0.2) is 42.3 Å². The number of carbonyl (C=O) groups is 4. The van der Waals surface area contributed by atoms with E-state index in [0.29, 0.717) is 35.4 Å². The van der Waals surface area contributed by atoms with Crippen molar-refractivity contribution in [3.63, 3.8) is 0 Å². The number of rotatable bonds is 13. The molecule has 0 radical (unpaired) electrons. The summed E-state index contributed by atoms with van der Waals surface area (Å²) in [6, 6.07) is 4.98. The highest BCUT2D eigenvalue weighted by Crippen LogP contribution is 2.46. The summed E-state index contributed by atoms with van der Waals surface area (Å²) in [5.74, 6) is -1.82. The van der Waals surface area contributed by atoms with Crippen molar-refractivity contribution in [1.82, 2.24) is 30.2 Å². The average Bonchev–Trinajstić information content (AvgIpc) is 4.01. The van der Waals surface area contributed by atoms with E-state index >= 15 is 0 Å².